The highest BCUT2D eigenvalue weighted by Gasteiger charge is 2.25. The Balaban J connectivity index is 1.94. The maximum absolute atomic E-state index is 3.71. The molecule has 0 aliphatic heterocycles. The summed E-state index contributed by atoms with van der Waals surface area (Å²) in [5.74, 6) is 0.880. The van der Waals surface area contributed by atoms with Crippen LogP contribution in [0.5, 0.6) is 0 Å². The molecule has 0 amide bonds. The Labute approximate surface area is 106 Å². The second-order valence-electron chi connectivity index (χ2n) is 5.30. The molecule has 2 atom stereocenters. The Morgan fingerprint density at radius 1 is 1.12 bits per heavy atom. The minimum absolute atomic E-state index is 0.706. The van der Waals surface area contributed by atoms with Crippen LogP contribution in [0.25, 0.3) is 0 Å². The van der Waals surface area contributed by atoms with Gasteiger partial charge in [0.25, 0.3) is 0 Å². The summed E-state index contributed by atoms with van der Waals surface area (Å²) in [6.45, 7) is 4.55. The monoisotopic (exact) mass is 231 g/mol. The van der Waals surface area contributed by atoms with Gasteiger partial charge < -0.3 is 5.32 Å². The number of anilines is 1. The molecule has 0 spiro atoms. The van der Waals surface area contributed by atoms with E-state index in [0.29, 0.717) is 6.04 Å². The topological polar surface area (TPSA) is 12.0 Å². The average molecular weight is 231 g/mol. The fraction of sp³-hybridized carbons (Fsp3) is 0.625. The van der Waals surface area contributed by atoms with E-state index in [1.54, 1.807) is 0 Å². The highest BCUT2D eigenvalue weighted by molar-refractivity contribution is 5.45. The van der Waals surface area contributed by atoms with Crippen molar-refractivity contribution in [1.29, 1.82) is 0 Å². The van der Waals surface area contributed by atoms with Crippen molar-refractivity contribution in [1.82, 2.24) is 0 Å². The van der Waals surface area contributed by atoms with Crippen LogP contribution in [0.3, 0.4) is 0 Å². The third-order valence-electron chi connectivity index (χ3n) is 4.03. The number of rotatable bonds is 5. The van der Waals surface area contributed by atoms with Crippen LogP contribution in [0, 0.1) is 5.92 Å². The maximum atomic E-state index is 3.71. The third-order valence-corrected chi connectivity index (χ3v) is 4.03. The largest absolute Gasteiger partial charge is 0.382 e. The van der Waals surface area contributed by atoms with Gasteiger partial charge in [-0.3, -0.25) is 0 Å². The van der Waals surface area contributed by atoms with E-state index in [0.717, 1.165) is 5.92 Å². The lowest BCUT2D eigenvalue weighted by Crippen LogP contribution is -2.23. The highest BCUT2D eigenvalue weighted by Crippen LogP contribution is 2.30. The number of benzene rings is 1. The van der Waals surface area contributed by atoms with Crippen molar-refractivity contribution in [3.8, 4) is 0 Å². The lowest BCUT2D eigenvalue weighted by Gasteiger charge is -2.21. The summed E-state index contributed by atoms with van der Waals surface area (Å²) in [7, 11) is 0. The molecule has 0 radical (unpaired) electrons. The van der Waals surface area contributed by atoms with Gasteiger partial charge in [0.15, 0.2) is 0 Å². The molecule has 17 heavy (non-hydrogen) atoms. The Morgan fingerprint density at radius 2 is 1.88 bits per heavy atom. The molecular weight excluding hydrogens is 206 g/mol. The van der Waals surface area contributed by atoms with Gasteiger partial charge in [0.05, 0.1) is 0 Å². The van der Waals surface area contributed by atoms with E-state index >= 15 is 0 Å². The molecule has 1 aromatic carbocycles. The van der Waals surface area contributed by atoms with Crippen LogP contribution in [-0.4, -0.2) is 6.04 Å². The maximum Gasteiger partial charge on any atom is 0.0342 e. The summed E-state index contributed by atoms with van der Waals surface area (Å²) in [5.41, 5.74) is 2.76. The van der Waals surface area contributed by atoms with Gasteiger partial charge in [-0.1, -0.05) is 45.2 Å². The highest BCUT2D eigenvalue weighted by atomic mass is 14.9. The summed E-state index contributed by atoms with van der Waals surface area (Å²) in [4.78, 5) is 0. The fourth-order valence-electron chi connectivity index (χ4n) is 2.99. The first kappa shape index (κ1) is 12.5. The van der Waals surface area contributed by atoms with Gasteiger partial charge in [-0.15, -0.1) is 0 Å². The second-order valence-corrected chi connectivity index (χ2v) is 5.30. The average Bonchev–Trinajstić information content (AvgIpc) is 2.79. The Bertz CT molecular complexity index is 328. The van der Waals surface area contributed by atoms with Crippen LogP contribution in [0.2, 0.25) is 0 Å². The zero-order valence-electron chi connectivity index (χ0n) is 11.2. The van der Waals surface area contributed by atoms with Crippen molar-refractivity contribution in [2.45, 2.75) is 58.4 Å². The van der Waals surface area contributed by atoms with Crippen LogP contribution in [0.15, 0.2) is 24.3 Å². The van der Waals surface area contributed by atoms with E-state index in [2.05, 4.69) is 43.4 Å². The molecular formula is C16H25N. The molecule has 0 bridgehead atoms. The summed E-state index contributed by atoms with van der Waals surface area (Å²) >= 11 is 0. The van der Waals surface area contributed by atoms with Crippen molar-refractivity contribution in [2.24, 2.45) is 5.92 Å². The first-order valence-corrected chi connectivity index (χ1v) is 7.19. The SMILES string of the molecule is CCCc1ccc(NC2CCCC2CC)cc1. The molecule has 2 unspecified atom stereocenters. The minimum atomic E-state index is 0.706. The molecule has 0 heterocycles. The van der Waals surface area contributed by atoms with Gasteiger partial charge in [-0.2, -0.15) is 0 Å². The number of hydrogen-bond donors (Lipinski definition) is 1. The zero-order valence-corrected chi connectivity index (χ0v) is 11.2. The fourth-order valence-corrected chi connectivity index (χ4v) is 2.99. The van der Waals surface area contributed by atoms with Crippen molar-refractivity contribution in [3.05, 3.63) is 29.8 Å². The minimum Gasteiger partial charge on any atom is -0.382 e. The van der Waals surface area contributed by atoms with E-state index in [4.69, 9.17) is 0 Å². The van der Waals surface area contributed by atoms with Crippen molar-refractivity contribution < 1.29 is 0 Å². The number of hydrogen-bond acceptors (Lipinski definition) is 1. The van der Waals surface area contributed by atoms with Gasteiger partial charge in [0.2, 0.25) is 0 Å². The van der Waals surface area contributed by atoms with Crippen LogP contribution < -0.4 is 5.32 Å². The summed E-state index contributed by atoms with van der Waals surface area (Å²) < 4.78 is 0. The van der Waals surface area contributed by atoms with Crippen LogP contribution in [0.4, 0.5) is 5.69 Å². The first-order valence-electron chi connectivity index (χ1n) is 7.19. The first-order chi connectivity index (χ1) is 8.33. The van der Waals surface area contributed by atoms with E-state index in [1.807, 2.05) is 0 Å². The predicted octanol–water partition coefficient (Wildman–Crippen LogP) is 4.63. The van der Waals surface area contributed by atoms with Gasteiger partial charge in [0, 0.05) is 11.7 Å². The molecule has 1 saturated carbocycles. The molecule has 1 aliphatic rings. The molecule has 1 fully saturated rings. The van der Waals surface area contributed by atoms with E-state index in [1.165, 1.54) is 49.8 Å². The number of aryl methyl sites for hydroxylation is 1. The smallest absolute Gasteiger partial charge is 0.0342 e. The van der Waals surface area contributed by atoms with Crippen LogP contribution in [0.1, 0.15) is 51.5 Å². The summed E-state index contributed by atoms with van der Waals surface area (Å²) in [5, 5.41) is 3.71. The Kier molecular flexibility index (Phi) is 4.47. The van der Waals surface area contributed by atoms with E-state index in [9.17, 15) is 0 Å². The van der Waals surface area contributed by atoms with Gasteiger partial charge in [-0.25, -0.2) is 0 Å². The van der Waals surface area contributed by atoms with Crippen molar-refractivity contribution in [3.63, 3.8) is 0 Å². The molecule has 1 N–H and O–H groups in total. The second kappa shape index (κ2) is 6.09. The van der Waals surface area contributed by atoms with Crippen LogP contribution in [-0.2, 0) is 6.42 Å². The lowest BCUT2D eigenvalue weighted by molar-refractivity contribution is 0.489. The van der Waals surface area contributed by atoms with Gasteiger partial charge in [-0.05, 0) is 42.9 Å². The zero-order chi connectivity index (χ0) is 12.1. The Hall–Kier alpha value is -0.980. The predicted molar refractivity (Wildman–Crippen MR) is 75.5 cm³/mol. The number of nitrogens with one attached hydrogen (secondary N) is 1. The standard InChI is InChI=1S/C16H25N/c1-3-6-13-9-11-15(12-10-13)17-16-8-5-7-14(16)4-2/h9-12,14,16-17H,3-8H2,1-2H3. The quantitative estimate of drug-likeness (QED) is 0.779. The lowest BCUT2D eigenvalue weighted by atomic mass is 10.0. The molecule has 1 heteroatoms. The molecule has 0 saturated heterocycles. The van der Waals surface area contributed by atoms with Gasteiger partial charge >= 0.3 is 0 Å². The van der Waals surface area contributed by atoms with E-state index in [-0.39, 0.29) is 0 Å². The third kappa shape index (κ3) is 3.24. The summed E-state index contributed by atoms with van der Waals surface area (Å²) in [6.07, 6.45) is 7.88. The molecule has 1 aromatic rings. The van der Waals surface area contributed by atoms with Crippen LogP contribution >= 0.6 is 0 Å². The van der Waals surface area contributed by atoms with Gasteiger partial charge in [0.1, 0.15) is 0 Å². The Morgan fingerprint density at radius 3 is 2.53 bits per heavy atom. The summed E-state index contributed by atoms with van der Waals surface area (Å²) in [6, 6.07) is 9.73. The van der Waals surface area contributed by atoms with Crippen molar-refractivity contribution >= 4 is 5.69 Å². The van der Waals surface area contributed by atoms with E-state index < -0.39 is 0 Å². The molecule has 2 rings (SSSR count). The normalized spacial score (nSPS) is 23.9. The van der Waals surface area contributed by atoms with Crippen molar-refractivity contribution in [2.75, 3.05) is 5.32 Å². The molecule has 1 nitrogen and oxygen atoms in total. The molecule has 0 aromatic heterocycles. The molecule has 94 valence electrons. The molecule has 1 aliphatic carbocycles.